The van der Waals surface area contributed by atoms with E-state index in [1.54, 1.807) is 36.4 Å². The average molecular weight is 369 g/mol. The molecule has 0 unspecified atom stereocenters. The molecular weight excluding hydrogens is 347 g/mol. The first-order valence-electron chi connectivity index (χ1n) is 8.78. The second-order valence-electron chi connectivity index (χ2n) is 6.87. The highest BCUT2D eigenvalue weighted by Gasteiger charge is 2.46. The third-order valence-corrected chi connectivity index (χ3v) is 4.60. The summed E-state index contributed by atoms with van der Waals surface area (Å²) >= 11 is 0. The van der Waals surface area contributed by atoms with Crippen LogP contribution in [0.15, 0.2) is 60.2 Å². The number of ketones is 1. The van der Waals surface area contributed by atoms with Crippen molar-refractivity contribution in [3.8, 4) is 0 Å². The molecule has 0 saturated carbocycles. The number of carbonyl (C=O) groups is 2. The van der Waals surface area contributed by atoms with Crippen molar-refractivity contribution in [1.29, 1.82) is 0 Å². The van der Waals surface area contributed by atoms with E-state index in [1.807, 2.05) is 14.1 Å². The summed E-state index contributed by atoms with van der Waals surface area (Å²) in [5.41, 5.74) is 0.890. The Hall–Kier alpha value is -2.99. The van der Waals surface area contributed by atoms with E-state index < -0.39 is 23.5 Å². The zero-order valence-electron chi connectivity index (χ0n) is 15.3. The van der Waals surface area contributed by atoms with E-state index >= 15 is 0 Å². The molecule has 2 N–H and O–H groups in total. The lowest BCUT2D eigenvalue weighted by Gasteiger charge is -2.25. The molecule has 0 spiro atoms. The van der Waals surface area contributed by atoms with Crippen LogP contribution in [-0.4, -0.2) is 48.9 Å². The van der Waals surface area contributed by atoms with Gasteiger partial charge in [-0.15, -0.1) is 0 Å². The number of quaternary nitrogens is 1. The zero-order valence-corrected chi connectivity index (χ0v) is 15.3. The van der Waals surface area contributed by atoms with E-state index in [-0.39, 0.29) is 11.3 Å². The maximum Gasteiger partial charge on any atom is 0.295 e. The Labute approximate surface area is 157 Å². The quantitative estimate of drug-likeness (QED) is 0.476. The van der Waals surface area contributed by atoms with Gasteiger partial charge in [0.25, 0.3) is 11.7 Å². The Morgan fingerprint density at radius 1 is 1.11 bits per heavy atom. The van der Waals surface area contributed by atoms with Crippen LogP contribution in [0.25, 0.3) is 5.76 Å². The van der Waals surface area contributed by atoms with Crippen molar-refractivity contribution in [2.45, 2.75) is 6.04 Å². The van der Waals surface area contributed by atoms with E-state index in [9.17, 15) is 19.1 Å². The Bertz CT molecular complexity index is 893. The summed E-state index contributed by atoms with van der Waals surface area (Å²) in [7, 11) is 3.88. The number of nitrogens with zero attached hydrogens (tertiary/aromatic N) is 1. The minimum atomic E-state index is -0.819. The normalized spacial score (nSPS) is 19.1. The third kappa shape index (κ3) is 3.75. The lowest BCUT2D eigenvalue weighted by atomic mass is 9.95. The second-order valence-corrected chi connectivity index (χ2v) is 6.87. The first kappa shape index (κ1) is 18.8. The van der Waals surface area contributed by atoms with E-state index in [2.05, 4.69) is 0 Å². The maximum atomic E-state index is 13.8. The molecule has 6 heteroatoms. The predicted molar refractivity (Wildman–Crippen MR) is 99.5 cm³/mol. The minimum Gasteiger partial charge on any atom is -0.507 e. The summed E-state index contributed by atoms with van der Waals surface area (Å²) in [6.45, 7) is 0.934. The fourth-order valence-electron chi connectivity index (χ4n) is 3.23. The van der Waals surface area contributed by atoms with Crippen LogP contribution in [0.3, 0.4) is 0 Å². The van der Waals surface area contributed by atoms with Gasteiger partial charge in [-0.3, -0.25) is 9.59 Å². The lowest BCUT2D eigenvalue weighted by Crippen LogP contribution is -3.06. The first-order valence-corrected chi connectivity index (χ1v) is 8.78. The standard InChI is InChI=1S/C21H21FN2O3/c1-23(2)11-12-24-18(15-9-6-10-16(22)13-15)17(20(26)21(24)27)19(25)14-7-4-3-5-8-14/h3-10,13,18,25H,11-12H2,1-2H3/p+1/t18-/m1/s1. The highest BCUT2D eigenvalue weighted by Crippen LogP contribution is 2.39. The molecule has 1 heterocycles. The number of halogens is 1. The summed E-state index contributed by atoms with van der Waals surface area (Å²) in [6, 6.07) is 13.6. The van der Waals surface area contributed by atoms with Crippen LogP contribution < -0.4 is 4.90 Å². The highest BCUT2D eigenvalue weighted by molar-refractivity contribution is 6.46. The Balaban J connectivity index is 2.15. The molecule has 1 aliphatic heterocycles. The Kier molecular flexibility index (Phi) is 5.37. The van der Waals surface area contributed by atoms with Crippen molar-refractivity contribution in [1.82, 2.24) is 4.90 Å². The Morgan fingerprint density at radius 2 is 1.81 bits per heavy atom. The molecule has 27 heavy (non-hydrogen) atoms. The molecule has 0 radical (unpaired) electrons. The van der Waals surface area contributed by atoms with E-state index in [1.165, 1.54) is 23.1 Å². The number of benzene rings is 2. The predicted octanol–water partition coefficient (Wildman–Crippen LogP) is 1.39. The van der Waals surface area contributed by atoms with Gasteiger partial charge in [0, 0.05) is 5.56 Å². The van der Waals surface area contributed by atoms with E-state index in [0.717, 1.165) is 4.90 Å². The monoisotopic (exact) mass is 369 g/mol. The summed E-state index contributed by atoms with van der Waals surface area (Å²) in [6.07, 6.45) is 0. The fourth-order valence-corrected chi connectivity index (χ4v) is 3.23. The first-order chi connectivity index (χ1) is 12.9. The van der Waals surface area contributed by atoms with Crippen LogP contribution in [0.5, 0.6) is 0 Å². The second kappa shape index (κ2) is 7.72. The number of rotatable bonds is 5. The Morgan fingerprint density at radius 3 is 2.44 bits per heavy atom. The van der Waals surface area contributed by atoms with Gasteiger partial charge in [0.15, 0.2) is 0 Å². The number of aliphatic hydroxyl groups excluding tert-OH is 1. The number of amides is 1. The number of hydrogen-bond donors (Lipinski definition) is 2. The van der Waals surface area contributed by atoms with Crippen molar-refractivity contribution in [2.75, 3.05) is 27.2 Å². The largest absolute Gasteiger partial charge is 0.507 e. The molecule has 0 aliphatic carbocycles. The number of likely N-dealkylation sites (N-methyl/N-ethyl adjacent to an activating group) is 1. The van der Waals surface area contributed by atoms with Gasteiger partial charge in [-0.2, -0.15) is 0 Å². The van der Waals surface area contributed by atoms with Crippen molar-refractivity contribution in [3.63, 3.8) is 0 Å². The number of Topliss-reactive ketones (excluding diaryl/α,β-unsaturated/α-hetero) is 1. The number of aliphatic hydroxyl groups is 1. The van der Waals surface area contributed by atoms with Gasteiger partial charge in [-0.1, -0.05) is 42.5 Å². The molecule has 0 bridgehead atoms. The van der Waals surface area contributed by atoms with E-state index in [4.69, 9.17) is 0 Å². The zero-order chi connectivity index (χ0) is 19.6. The van der Waals surface area contributed by atoms with Crippen molar-refractivity contribution in [2.24, 2.45) is 0 Å². The van der Waals surface area contributed by atoms with Gasteiger partial charge in [-0.05, 0) is 17.7 Å². The SMILES string of the molecule is C[NH+](C)CCN1C(=O)C(=O)C(=C(O)c2ccccc2)[C@H]1c1cccc(F)c1. The lowest BCUT2D eigenvalue weighted by molar-refractivity contribution is -0.857. The third-order valence-electron chi connectivity index (χ3n) is 4.60. The molecule has 3 rings (SSSR count). The van der Waals surface area contributed by atoms with Gasteiger partial charge in [-0.25, -0.2) is 4.39 Å². The minimum absolute atomic E-state index is 0.00874. The fraction of sp³-hybridized carbons (Fsp3) is 0.238. The molecule has 1 amide bonds. The molecule has 1 atom stereocenters. The molecule has 1 saturated heterocycles. The average Bonchev–Trinajstić information content (AvgIpc) is 2.91. The number of likely N-dealkylation sites (tertiary alicyclic amines) is 1. The van der Waals surface area contributed by atoms with Crippen LogP contribution in [0.4, 0.5) is 4.39 Å². The molecule has 0 aromatic heterocycles. The van der Waals surface area contributed by atoms with Crippen molar-refractivity contribution < 1.29 is 24.0 Å². The summed E-state index contributed by atoms with van der Waals surface area (Å²) < 4.78 is 13.8. The van der Waals surface area contributed by atoms with Crippen LogP contribution >= 0.6 is 0 Å². The molecule has 2 aromatic rings. The van der Waals surface area contributed by atoms with Crippen LogP contribution in [0.2, 0.25) is 0 Å². The number of hydrogen-bond acceptors (Lipinski definition) is 3. The van der Waals surface area contributed by atoms with Gasteiger partial charge >= 0.3 is 0 Å². The highest BCUT2D eigenvalue weighted by atomic mass is 19.1. The van der Waals surface area contributed by atoms with E-state index in [0.29, 0.717) is 24.2 Å². The molecule has 2 aromatic carbocycles. The molecule has 5 nitrogen and oxygen atoms in total. The number of carbonyl (C=O) groups excluding carboxylic acids is 2. The topological polar surface area (TPSA) is 62.0 Å². The van der Waals surface area contributed by atoms with Gasteiger partial charge in [0.2, 0.25) is 0 Å². The summed E-state index contributed by atoms with van der Waals surface area (Å²) in [5.74, 6) is -2.14. The maximum absolute atomic E-state index is 13.8. The molecular formula is C21H22FN2O3+. The van der Waals surface area contributed by atoms with Gasteiger partial charge in [0.1, 0.15) is 11.6 Å². The van der Waals surface area contributed by atoms with Gasteiger partial charge < -0.3 is 14.9 Å². The molecule has 140 valence electrons. The number of nitrogens with one attached hydrogen (secondary N) is 1. The van der Waals surface area contributed by atoms with Crippen LogP contribution in [0.1, 0.15) is 17.2 Å². The smallest absolute Gasteiger partial charge is 0.295 e. The van der Waals surface area contributed by atoms with Crippen LogP contribution in [0, 0.1) is 5.82 Å². The van der Waals surface area contributed by atoms with Gasteiger partial charge in [0.05, 0.1) is 38.8 Å². The summed E-state index contributed by atoms with van der Waals surface area (Å²) in [4.78, 5) is 27.9. The molecule has 1 aliphatic rings. The van der Waals surface area contributed by atoms with Crippen molar-refractivity contribution >= 4 is 17.4 Å². The van der Waals surface area contributed by atoms with Crippen molar-refractivity contribution in [3.05, 3.63) is 77.1 Å². The summed E-state index contributed by atoms with van der Waals surface area (Å²) in [5, 5.41) is 10.8. The molecule has 1 fully saturated rings. The van der Waals surface area contributed by atoms with Crippen LogP contribution in [-0.2, 0) is 9.59 Å².